The van der Waals surface area contributed by atoms with E-state index in [2.05, 4.69) is 0 Å². The monoisotopic (exact) mass is 221 g/mol. The van der Waals surface area contributed by atoms with E-state index >= 15 is 0 Å². The second-order valence-electron chi connectivity index (χ2n) is 4.12. The average molecular weight is 221 g/mol. The van der Waals surface area contributed by atoms with E-state index in [-0.39, 0.29) is 5.91 Å². The quantitative estimate of drug-likeness (QED) is 0.819. The number of primary amides is 1. The van der Waals surface area contributed by atoms with Crippen molar-refractivity contribution in [2.75, 3.05) is 20.3 Å². The van der Waals surface area contributed by atoms with E-state index < -0.39 is 5.41 Å². The third-order valence-corrected chi connectivity index (χ3v) is 3.12. The smallest absolute Gasteiger partial charge is 0.232 e. The van der Waals surface area contributed by atoms with Crippen LogP contribution in [0.2, 0.25) is 0 Å². The minimum Gasteiger partial charge on any atom is -0.496 e. The van der Waals surface area contributed by atoms with Gasteiger partial charge in [-0.15, -0.1) is 0 Å². The zero-order valence-electron chi connectivity index (χ0n) is 9.45. The van der Waals surface area contributed by atoms with Crippen LogP contribution in [0.3, 0.4) is 0 Å². The molecule has 0 aromatic heterocycles. The van der Waals surface area contributed by atoms with E-state index in [4.69, 9.17) is 15.2 Å². The van der Waals surface area contributed by atoms with Gasteiger partial charge in [0.15, 0.2) is 0 Å². The second-order valence-corrected chi connectivity index (χ2v) is 4.12. The van der Waals surface area contributed by atoms with Gasteiger partial charge in [0, 0.05) is 0 Å². The summed E-state index contributed by atoms with van der Waals surface area (Å²) in [6, 6.07) is 5.67. The summed E-state index contributed by atoms with van der Waals surface area (Å²) >= 11 is 0. The van der Waals surface area contributed by atoms with Crippen LogP contribution in [0, 0.1) is 6.92 Å². The number of hydrogen-bond donors (Lipinski definition) is 1. The number of hydrogen-bond acceptors (Lipinski definition) is 3. The predicted octanol–water partition coefficient (Wildman–Crippen LogP) is 0.757. The van der Waals surface area contributed by atoms with Crippen molar-refractivity contribution in [2.24, 2.45) is 5.73 Å². The molecule has 1 amide bonds. The van der Waals surface area contributed by atoms with Crippen molar-refractivity contribution in [3.63, 3.8) is 0 Å². The molecule has 16 heavy (non-hydrogen) atoms. The Bertz CT molecular complexity index is 424. The zero-order chi connectivity index (χ0) is 11.8. The molecule has 0 aliphatic carbocycles. The fourth-order valence-corrected chi connectivity index (χ4v) is 1.93. The number of amides is 1. The zero-order valence-corrected chi connectivity index (χ0v) is 9.45. The van der Waals surface area contributed by atoms with Crippen molar-refractivity contribution in [3.05, 3.63) is 29.3 Å². The third kappa shape index (κ3) is 1.46. The predicted molar refractivity (Wildman–Crippen MR) is 59.4 cm³/mol. The highest BCUT2D eigenvalue weighted by molar-refractivity contribution is 5.88. The number of ether oxygens (including phenoxy) is 2. The molecular weight excluding hydrogens is 206 g/mol. The lowest BCUT2D eigenvalue weighted by molar-refractivity contribution is -0.141. The van der Waals surface area contributed by atoms with Gasteiger partial charge >= 0.3 is 0 Å². The molecule has 86 valence electrons. The van der Waals surface area contributed by atoms with Crippen molar-refractivity contribution in [3.8, 4) is 5.75 Å². The molecule has 0 bridgehead atoms. The van der Waals surface area contributed by atoms with Crippen molar-refractivity contribution in [2.45, 2.75) is 12.3 Å². The molecule has 1 aromatic carbocycles. The molecule has 2 rings (SSSR count). The first kappa shape index (κ1) is 11.0. The van der Waals surface area contributed by atoms with Gasteiger partial charge in [0.25, 0.3) is 0 Å². The van der Waals surface area contributed by atoms with E-state index in [9.17, 15) is 4.79 Å². The number of methoxy groups -OCH3 is 1. The molecule has 0 unspecified atom stereocenters. The maximum atomic E-state index is 11.5. The van der Waals surface area contributed by atoms with Crippen LogP contribution in [-0.2, 0) is 14.9 Å². The maximum absolute atomic E-state index is 11.5. The Morgan fingerprint density at radius 2 is 2.19 bits per heavy atom. The molecule has 0 saturated carbocycles. The molecule has 4 nitrogen and oxygen atoms in total. The van der Waals surface area contributed by atoms with Crippen LogP contribution in [0.25, 0.3) is 0 Å². The van der Waals surface area contributed by atoms with Crippen LogP contribution < -0.4 is 10.5 Å². The fraction of sp³-hybridized carbons (Fsp3) is 0.417. The number of aryl methyl sites for hydroxylation is 1. The molecule has 1 aliphatic heterocycles. The van der Waals surface area contributed by atoms with Gasteiger partial charge in [0.05, 0.1) is 20.3 Å². The SMILES string of the molecule is COc1ccc(C2(C(N)=O)COC2)cc1C. The van der Waals surface area contributed by atoms with Gasteiger partial charge in [-0.2, -0.15) is 0 Å². The standard InChI is InChI=1S/C12H15NO3/c1-8-5-9(3-4-10(8)15-2)12(11(13)14)6-16-7-12/h3-5H,6-7H2,1-2H3,(H2,13,14). The number of carbonyl (C=O) groups is 1. The third-order valence-electron chi connectivity index (χ3n) is 3.12. The lowest BCUT2D eigenvalue weighted by Crippen LogP contribution is -2.56. The minimum atomic E-state index is -0.642. The molecule has 0 spiro atoms. The molecule has 0 radical (unpaired) electrons. The second kappa shape index (κ2) is 3.79. The molecule has 1 fully saturated rings. The van der Waals surface area contributed by atoms with Gasteiger partial charge in [0.1, 0.15) is 11.2 Å². The van der Waals surface area contributed by atoms with Crippen LogP contribution >= 0.6 is 0 Å². The Labute approximate surface area is 94.3 Å². The Morgan fingerprint density at radius 3 is 2.56 bits per heavy atom. The summed E-state index contributed by atoms with van der Waals surface area (Å²) < 4.78 is 10.3. The summed E-state index contributed by atoms with van der Waals surface area (Å²) in [4.78, 5) is 11.5. The van der Waals surface area contributed by atoms with Gasteiger partial charge in [0.2, 0.25) is 5.91 Å². The molecule has 1 heterocycles. The molecule has 0 atom stereocenters. The van der Waals surface area contributed by atoms with E-state index in [0.29, 0.717) is 13.2 Å². The summed E-state index contributed by atoms with van der Waals surface area (Å²) in [5, 5.41) is 0. The van der Waals surface area contributed by atoms with Gasteiger partial charge in [-0.25, -0.2) is 0 Å². The Balaban J connectivity index is 2.40. The van der Waals surface area contributed by atoms with Gasteiger partial charge < -0.3 is 15.2 Å². The summed E-state index contributed by atoms with van der Waals surface area (Å²) in [5.41, 5.74) is 6.69. The lowest BCUT2D eigenvalue weighted by Gasteiger charge is -2.39. The summed E-state index contributed by atoms with van der Waals surface area (Å²) in [6.07, 6.45) is 0. The first-order chi connectivity index (χ1) is 7.60. The Morgan fingerprint density at radius 1 is 1.50 bits per heavy atom. The molecule has 1 saturated heterocycles. The molecule has 2 N–H and O–H groups in total. The van der Waals surface area contributed by atoms with Crippen LogP contribution in [0.4, 0.5) is 0 Å². The van der Waals surface area contributed by atoms with Crippen molar-refractivity contribution in [1.29, 1.82) is 0 Å². The number of nitrogens with two attached hydrogens (primary N) is 1. The van der Waals surface area contributed by atoms with Crippen LogP contribution in [-0.4, -0.2) is 26.2 Å². The molecule has 1 aliphatic rings. The summed E-state index contributed by atoms with van der Waals surface area (Å²) in [5.74, 6) is 0.479. The summed E-state index contributed by atoms with van der Waals surface area (Å²) in [6.45, 7) is 2.68. The van der Waals surface area contributed by atoms with Crippen LogP contribution in [0.5, 0.6) is 5.75 Å². The topological polar surface area (TPSA) is 61.5 Å². The molecular formula is C12H15NO3. The lowest BCUT2D eigenvalue weighted by atomic mass is 9.77. The first-order valence-corrected chi connectivity index (χ1v) is 5.13. The van der Waals surface area contributed by atoms with E-state index in [1.54, 1.807) is 7.11 Å². The molecule has 1 aromatic rings. The highest BCUT2D eigenvalue weighted by atomic mass is 16.5. The normalized spacial score (nSPS) is 17.6. The van der Waals surface area contributed by atoms with Crippen molar-refractivity contribution < 1.29 is 14.3 Å². The van der Waals surface area contributed by atoms with Gasteiger partial charge in [-0.05, 0) is 24.1 Å². The average Bonchev–Trinajstić information content (AvgIpc) is 2.15. The van der Waals surface area contributed by atoms with Crippen LogP contribution in [0.1, 0.15) is 11.1 Å². The van der Waals surface area contributed by atoms with E-state index in [1.807, 2.05) is 25.1 Å². The first-order valence-electron chi connectivity index (χ1n) is 5.13. The number of rotatable bonds is 3. The summed E-state index contributed by atoms with van der Waals surface area (Å²) in [7, 11) is 1.62. The Kier molecular flexibility index (Phi) is 2.59. The van der Waals surface area contributed by atoms with E-state index in [1.165, 1.54) is 0 Å². The maximum Gasteiger partial charge on any atom is 0.232 e. The van der Waals surface area contributed by atoms with E-state index in [0.717, 1.165) is 16.9 Å². The minimum absolute atomic E-state index is 0.330. The number of carbonyl (C=O) groups excluding carboxylic acids is 1. The van der Waals surface area contributed by atoms with Gasteiger partial charge in [-0.1, -0.05) is 12.1 Å². The van der Waals surface area contributed by atoms with Crippen molar-refractivity contribution in [1.82, 2.24) is 0 Å². The largest absolute Gasteiger partial charge is 0.496 e. The molecule has 4 heteroatoms. The highest BCUT2D eigenvalue weighted by Gasteiger charge is 2.46. The van der Waals surface area contributed by atoms with Gasteiger partial charge in [-0.3, -0.25) is 4.79 Å². The fourth-order valence-electron chi connectivity index (χ4n) is 1.93. The van der Waals surface area contributed by atoms with Crippen molar-refractivity contribution >= 4 is 5.91 Å². The number of benzene rings is 1. The Hall–Kier alpha value is -1.55. The highest BCUT2D eigenvalue weighted by Crippen LogP contribution is 2.34. The van der Waals surface area contributed by atoms with Crippen LogP contribution in [0.15, 0.2) is 18.2 Å².